The lowest BCUT2D eigenvalue weighted by Gasteiger charge is -2.06. The van der Waals surface area contributed by atoms with Crippen LogP contribution in [0.25, 0.3) is 11.4 Å². The summed E-state index contributed by atoms with van der Waals surface area (Å²) >= 11 is 9.19. The Labute approximate surface area is 116 Å². The van der Waals surface area contributed by atoms with Crippen molar-refractivity contribution in [2.45, 2.75) is 13.3 Å². The van der Waals surface area contributed by atoms with Crippen molar-refractivity contribution in [1.82, 2.24) is 9.97 Å². The molecule has 18 heavy (non-hydrogen) atoms. The van der Waals surface area contributed by atoms with Gasteiger partial charge in [-0.05, 0) is 22.9 Å². The van der Waals surface area contributed by atoms with E-state index < -0.39 is 6.43 Å². The third kappa shape index (κ3) is 2.67. The fourth-order valence-corrected chi connectivity index (χ4v) is 1.83. The lowest BCUT2D eigenvalue weighted by atomic mass is 10.1. The first-order chi connectivity index (χ1) is 8.49. The highest BCUT2D eigenvalue weighted by molar-refractivity contribution is 9.10. The first-order valence-electron chi connectivity index (χ1n) is 5.07. The Morgan fingerprint density at radius 3 is 2.28 bits per heavy atom. The smallest absolute Gasteiger partial charge is 0.232 e. The van der Waals surface area contributed by atoms with E-state index >= 15 is 0 Å². The molecule has 0 bridgehead atoms. The molecule has 0 radical (unpaired) electrons. The number of nitrogens with zero attached hydrogens (tertiary/aromatic N) is 2. The molecule has 0 unspecified atom stereocenters. The number of hydrogen-bond acceptors (Lipinski definition) is 2. The second-order valence-corrected chi connectivity index (χ2v) is 4.81. The molecule has 2 nitrogen and oxygen atoms in total. The largest absolute Gasteiger partial charge is 0.263 e. The fraction of sp³-hybridized carbons (Fsp3) is 0.167. The Kier molecular flexibility index (Phi) is 3.92. The number of alkyl halides is 2. The van der Waals surface area contributed by atoms with E-state index in [0.29, 0.717) is 26.7 Å². The van der Waals surface area contributed by atoms with Gasteiger partial charge in [0.25, 0.3) is 6.43 Å². The van der Waals surface area contributed by atoms with Gasteiger partial charge in [0, 0.05) is 11.1 Å². The summed E-state index contributed by atoms with van der Waals surface area (Å²) < 4.78 is 25.5. The van der Waals surface area contributed by atoms with E-state index in [4.69, 9.17) is 11.6 Å². The van der Waals surface area contributed by atoms with Crippen molar-refractivity contribution in [3.8, 4) is 11.4 Å². The Bertz CT molecular complexity index is 550. The van der Waals surface area contributed by atoms with Crippen molar-refractivity contribution in [1.29, 1.82) is 0 Å². The zero-order valence-electron chi connectivity index (χ0n) is 9.29. The summed E-state index contributed by atoms with van der Waals surface area (Å²) in [4.78, 5) is 8.35. The van der Waals surface area contributed by atoms with E-state index in [1.54, 1.807) is 19.1 Å². The van der Waals surface area contributed by atoms with Crippen LogP contribution in [-0.4, -0.2) is 9.97 Å². The van der Waals surface area contributed by atoms with Crippen LogP contribution in [0.3, 0.4) is 0 Å². The first kappa shape index (κ1) is 13.4. The maximum absolute atomic E-state index is 12.4. The van der Waals surface area contributed by atoms with Crippen LogP contribution in [0.2, 0.25) is 5.15 Å². The molecule has 2 aromatic rings. The molecule has 0 aliphatic carbocycles. The molecule has 94 valence electrons. The molecule has 1 aromatic heterocycles. The van der Waals surface area contributed by atoms with Crippen LogP contribution in [0.1, 0.15) is 17.7 Å². The van der Waals surface area contributed by atoms with Gasteiger partial charge in [-0.2, -0.15) is 0 Å². The van der Waals surface area contributed by atoms with Crippen LogP contribution in [0.5, 0.6) is 0 Å². The van der Waals surface area contributed by atoms with E-state index in [2.05, 4.69) is 25.9 Å². The van der Waals surface area contributed by atoms with Gasteiger partial charge in [-0.1, -0.05) is 35.9 Å². The van der Waals surface area contributed by atoms with Crippen LogP contribution >= 0.6 is 27.5 Å². The first-order valence-corrected chi connectivity index (χ1v) is 6.24. The van der Waals surface area contributed by atoms with Gasteiger partial charge in [0.1, 0.15) is 5.15 Å². The molecule has 0 saturated carbocycles. The van der Waals surface area contributed by atoms with E-state index in [9.17, 15) is 8.78 Å². The minimum atomic E-state index is -2.48. The molecule has 0 amide bonds. The van der Waals surface area contributed by atoms with Crippen LogP contribution in [0.15, 0.2) is 28.7 Å². The van der Waals surface area contributed by atoms with Gasteiger partial charge in [0.05, 0.1) is 10.2 Å². The van der Waals surface area contributed by atoms with E-state index in [1.807, 2.05) is 0 Å². The summed E-state index contributed by atoms with van der Waals surface area (Å²) in [5, 5.41) is 0.301. The molecule has 0 aliphatic rings. The zero-order chi connectivity index (χ0) is 13.3. The van der Waals surface area contributed by atoms with E-state index in [1.165, 1.54) is 12.1 Å². The maximum Gasteiger partial charge on any atom is 0.263 e. The van der Waals surface area contributed by atoms with Gasteiger partial charge in [0.2, 0.25) is 0 Å². The molecule has 1 aromatic carbocycles. The summed E-state index contributed by atoms with van der Waals surface area (Å²) in [5.74, 6) is 0.418. The summed E-state index contributed by atoms with van der Waals surface area (Å²) in [5.41, 5.74) is 1.32. The summed E-state index contributed by atoms with van der Waals surface area (Å²) in [6.07, 6.45) is -2.48. The summed E-state index contributed by atoms with van der Waals surface area (Å²) in [6.45, 7) is 1.79. The number of aryl methyl sites for hydroxylation is 1. The van der Waals surface area contributed by atoms with Crippen molar-refractivity contribution in [2.24, 2.45) is 0 Å². The van der Waals surface area contributed by atoms with Crippen molar-refractivity contribution in [2.75, 3.05) is 0 Å². The van der Waals surface area contributed by atoms with Crippen LogP contribution < -0.4 is 0 Å². The lowest BCUT2D eigenvalue weighted by Crippen LogP contribution is -1.94. The lowest BCUT2D eigenvalue weighted by molar-refractivity contribution is 0.151. The van der Waals surface area contributed by atoms with Gasteiger partial charge in [0.15, 0.2) is 5.82 Å². The van der Waals surface area contributed by atoms with E-state index in [0.717, 1.165) is 0 Å². The molecule has 1 heterocycles. The van der Waals surface area contributed by atoms with Crippen molar-refractivity contribution < 1.29 is 8.78 Å². The molecule has 6 heteroatoms. The predicted molar refractivity (Wildman–Crippen MR) is 69.9 cm³/mol. The fourth-order valence-electron chi connectivity index (χ4n) is 1.43. The molecule has 0 N–H and O–H groups in total. The van der Waals surface area contributed by atoms with Crippen molar-refractivity contribution >= 4 is 27.5 Å². The second kappa shape index (κ2) is 5.28. The minimum Gasteiger partial charge on any atom is -0.232 e. The Balaban J connectivity index is 2.43. The van der Waals surface area contributed by atoms with Crippen LogP contribution in [0, 0.1) is 6.92 Å². The van der Waals surface area contributed by atoms with Gasteiger partial charge >= 0.3 is 0 Å². The summed E-state index contributed by atoms with van der Waals surface area (Å²) in [7, 11) is 0. The number of hydrogen-bond donors (Lipinski definition) is 0. The van der Waals surface area contributed by atoms with Gasteiger partial charge < -0.3 is 0 Å². The highest BCUT2D eigenvalue weighted by Crippen LogP contribution is 2.27. The SMILES string of the molecule is Cc1nc(-c2ccc(C(F)F)cc2)nc(Cl)c1Br. The average Bonchev–Trinajstić information content (AvgIpc) is 2.35. The molecule has 0 fully saturated rings. The quantitative estimate of drug-likeness (QED) is 0.737. The maximum atomic E-state index is 12.4. The van der Waals surface area contributed by atoms with Crippen molar-refractivity contribution in [3.05, 3.63) is 45.1 Å². The molecule has 0 atom stereocenters. The van der Waals surface area contributed by atoms with Crippen LogP contribution in [0.4, 0.5) is 8.78 Å². The third-order valence-electron chi connectivity index (χ3n) is 2.40. The second-order valence-electron chi connectivity index (χ2n) is 3.66. The van der Waals surface area contributed by atoms with Gasteiger partial charge in [-0.15, -0.1) is 0 Å². The van der Waals surface area contributed by atoms with Crippen molar-refractivity contribution in [3.63, 3.8) is 0 Å². The predicted octanol–water partition coefficient (Wildman–Crippen LogP) is 4.81. The highest BCUT2D eigenvalue weighted by atomic mass is 79.9. The minimum absolute atomic E-state index is 0.0290. The Hall–Kier alpha value is -1.07. The zero-order valence-corrected chi connectivity index (χ0v) is 11.6. The molecule has 2 rings (SSSR count). The number of rotatable bonds is 2. The van der Waals surface area contributed by atoms with Gasteiger partial charge in [-0.25, -0.2) is 18.7 Å². The number of halogens is 4. The average molecular weight is 334 g/mol. The molecule has 0 spiro atoms. The Morgan fingerprint density at radius 1 is 1.17 bits per heavy atom. The van der Waals surface area contributed by atoms with E-state index in [-0.39, 0.29) is 5.56 Å². The molecular formula is C12H8BrClF2N2. The Morgan fingerprint density at radius 2 is 1.78 bits per heavy atom. The standard InChI is InChI=1S/C12H8BrClF2N2/c1-6-9(13)10(14)18-12(17-6)8-4-2-7(3-5-8)11(15)16/h2-5,11H,1H3. The topological polar surface area (TPSA) is 25.8 Å². The number of aromatic nitrogens is 2. The van der Waals surface area contributed by atoms with Crippen LogP contribution in [-0.2, 0) is 0 Å². The highest BCUT2D eigenvalue weighted by Gasteiger charge is 2.11. The number of benzene rings is 1. The normalized spacial score (nSPS) is 11.0. The van der Waals surface area contributed by atoms with Gasteiger partial charge in [-0.3, -0.25) is 0 Å². The monoisotopic (exact) mass is 332 g/mol. The third-order valence-corrected chi connectivity index (χ3v) is 3.85. The molecular weight excluding hydrogens is 325 g/mol. The molecule has 0 saturated heterocycles. The molecule has 0 aliphatic heterocycles. The summed E-state index contributed by atoms with van der Waals surface area (Å²) in [6, 6.07) is 5.82.